The van der Waals surface area contributed by atoms with Crippen molar-refractivity contribution in [2.75, 3.05) is 5.32 Å². The molecule has 1 saturated carbocycles. The van der Waals surface area contributed by atoms with E-state index in [-0.39, 0.29) is 11.8 Å². The van der Waals surface area contributed by atoms with E-state index in [0.717, 1.165) is 28.1 Å². The van der Waals surface area contributed by atoms with E-state index < -0.39 is 5.41 Å². The number of pyridine rings is 1. The van der Waals surface area contributed by atoms with Crippen LogP contribution >= 0.6 is 0 Å². The minimum atomic E-state index is -0.946. The summed E-state index contributed by atoms with van der Waals surface area (Å²) in [5.74, 6) is -0.445. The third kappa shape index (κ3) is 3.55. The van der Waals surface area contributed by atoms with Gasteiger partial charge in [-0.05, 0) is 56.9 Å². The fourth-order valence-electron chi connectivity index (χ4n) is 3.14. The van der Waals surface area contributed by atoms with Crippen molar-refractivity contribution >= 4 is 17.5 Å². The van der Waals surface area contributed by atoms with Gasteiger partial charge in [0.2, 0.25) is 11.8 Å². The van der Waals surface area contributed by atoms with E-state index in [1.165, 1.54) is 0 Å². The summed E-state index contributed by atoms with van der Waals surface area (Å²) in [7, 11) is 0. The van der Waals surface area contributed by atoms with Gasteiger partial charge in [-0.2, -0.15) is 0 Å². The lowest BCUT2D eigenvalue weighted by Crippen LogP contribution is -2.40. The Labute approximate surface area is 147 Å². The highest BCUT2D eigenvalue weighted by atomic mass is 16.2. The lowest BCUT2D eigenvalue weighted by molar-refractivity contribution is -0.134. The second kappa shape index (κ2) is 6.67. The summed E-state index contributed by atoms with van der Waals surface area (Å²) in [6.45, 7) is 6.29. The van der Waals surface area contributed by atoms with Crippen LogP contribution in [0.4, 0.5) is 5.69 Å². The number of aromatic nitrogens is 1. The smallest absolute Gasteiger partial charge is 0.240 e. The van der Waals surface area contributed by atoms with Gasteiger partial charge in [0.05, 0.1) is 12.2 Å². The zero-order valence-electron chi connectivity index (χ0n) is 14.8. The number of hydrogen-bond donors (Lipinski definition) is 2. The van der Waals surface area contributed by atoms with Crippen LogP contribution in [0.2, 0.25) is 0 Å². The number of nitrogens with one attached hydrogen (secondary N) is 2. The zero-order chi connectivity index (χ0) is 18.0. The minimum Gasteiger partial charge on any atom is -0.350 e. The second-order valence-corrected chi connectivity index (χ2v) is 6.81. The van der Waals surface area contributed by atoms with Crippen molar-refractivity contribution in [1.82, 2.24) is 10.3 Å². The summed E-state index contributed by atoms with van der Waals surface area (Å²) in [5, 5.41) is 5.82. The maximum atomic E-state index is 12.8. The molecule has 0 atom stereocenters. The van der Waals surface area contributed by atoms with E-state index in [0.29, 0.717) is 19.4 Å². The van der Waals surface area contributed by atoms with Gasteiger partial charge in [0.1, 0.15) is 5.41 Å². The molecule has 25 heavy (non-hydrogen) atoms. The summed E-state index contributed by atoms with van der Waals surface area (Å²) in [6, 6.07) is 9.61. The Morgan fingerprint density at radius 3 is 2.32 bits per heavy atom. The molecule has 2 aromatic rings. The molecule has 1 fully saturated rings. The number of nitrogens with zero attached hydrogens (tertiary/aromatic N) is 1. The molecule has 1 aromatic heterocycles. The van der Waals surface area contributed by atoms with Gasteiger partial charge in [0, 0.05) is 11.9 Å². The number of benzene rings is 1. The summed E-state index contributed by atoms with van der Waals surface area (Å²) < 4.78 is 0. The van der Waals surface area contributed by atoms with Crippen LogP contribution in [0.3, 0.4) is 0 Å². The molecule has 1 heterocycles. The SMILES string of the molecule is Cc1cc(C)c(NC(=O)C2(C(=O)NCc3ccccn3)CC2)c(C)c1. The van der Waals surface area contributed by atoms with Crippen LogP contribution in [-0.2, 0) is 16.1 Å². The standard InChI is InChI=1S/C20H23N3O2/c1-13-10-14(2)17(15(3)11-13)23-19(25)20(7-8-20)18(24)22-12-16-6-4-5-9-21-16/h4-6,9-11H,7-8,12H2,1-3H3,(H,22,24)(H,23,25). The first-order chi connectivity index (χ1) is 11.9. The lowest BCUT2D eigenvalue weighted by Gasteiger charge is -2.18. The van der Waals surface area contributed by atoms with Crippen LogP contribution in [-0.4, -0.2) is 16.8 Å². The van der Waals surface area contributed by atoms with Crippen molar-refractivity contribution in [3.05, 3.63) is 58.9 Å². The highest BCUT2D eigenvalue weighted by molar-refractivity contribution is 6.13. The highest BCUT2D eigenvalue weighted by Gasteiger charge is 2.56. The number of rotatable bonds is 5. The molecule has 0 spiro atoms. The van der Waals surface area contributed by atoms with E-state index in [1.807, 2.05) is 51.1 Å². The van der Waals surface area contributed by atoms with Crippen LogP contribution in [0.5, 0.6) is 0 Å². The molecular weight excluding hydrogens is 314 g/mol. The summed E-state index contributed by atoms with van der Waals surface area (Å²) >= 11 is 0. The molecule has 0 unspecified atom stereocenters. The van der Waals surface area contributed by atoms with Gasteiger partial charge in [-0.25, -0.2) is 0 Å². The Morgan fingerprint density at radius 1 is 1.08 bits per heavy atom. The van der Waals surface area contributed by atoms with Crippen molar-refractivity contribution in [1.29, 1.82) is 0 Å². The van der Waals surface area contributed by atoms with Crippen molar-refractivity contribution in [2.24, 2.45) is 5.41 Å². The van der Waals surface area contributed by atoms with Crippen molar-refractivity contribution in [3.63, 3.8) is 0 Å². The van der Waals surface area contributed by atoms with E-state index in [2.05, 4.69) is 15.6 Å². The first-order valence-electron chi connectivity index (χ1n) is 8.50. The molecule has 1 aliphatic rings. The molecule has 1 aromatic carbocycles. The number of aryl methyl sites for hydroxylation is 3. The summed E-state index contributed by atoms with van der Waals surface area (Å²) in [5.41, 5.74) is 3.81. The van der Waals surface area contributed by atoms with Gasteiger partial charge in [-0.15, -0.1) is 0 Å². The van der Waals surface area contributed by atoms with E-state index in [9.17, 15) is 9.59 Å². The second-order valence-electron chi connectivity index (χ2n) is 6.81. The molecule has 2 N–H and O–H groups in total. The summed E-state index contributed by atoms with van der Waals surface area (Å²) in [4.78, 5) is 29.5. The third-order valence-corrected chi connectivity index (χ3v) is 4.69. The van der Waals surface area contributed by atoms with Gasteiger partial charge in [-0.1, -0.05) is 23.8 Å². The van der Waals surface area contributed by atoms with Crippen molar-refractivity contribution in [3.8, 4) is 0 Å². The topological polar surface area (TPSA) is 71.1 Å². The summed E-state index contributed by atoms with van der Waals surface area (Å²) in [6.07, 6.45) is 2.84. The van der Waals surface area contributed by atoms with Crippen molar-refractivity contribution < 1.29 is 9.59 Å². The average molecular weight is 337 g/mol. The van der Waals surface area contributed by atoms with Crippen LogP contribution in [0.25, 0.3) is 0 Å². The fraction of sp³-hybridized carbons (Fsp3) is 0.350. The Balaban J connectivity index is 1.68. The molecule has 3 rings (SSSR count). The predicted octanol–water partition coefficient (Wildman–Crippen LogP) is 3.04. The van der Waals surface area contributed by atoms with Gasteiger partial charge in [0.15, 0.2) is 0 Å². The number of anilines is 1. The Morgan fingerprint density at radius 2 is 1.76 bits per heavy atom. The maximum Gasteiger partial charge on any atom is 0.240 e. The molecule has 1 aliphatic carbocycles. The number of carbonyl (C=O) groups is 2. The van der Waals surface area contributed by atoms with Gasteiger partial charge in [-0.3, -0.25) is 14.6 Å². The Kier molecular flexibility index (Phi) is 4.57. The number of carbonyl (C=O) groups excluding carboxylic acids is 2. The largest absolute Gasteiger partial charge is 0.350 e. The van der Waals surface area contributed by atoms with E-state index in [4.69, 9.17) is 0 Å². The molecule has 0 saturated heterocycles. The van der Waals surface area contributed by atoms with Crippen LogP contribution in [0.15, 0.2) is 36.5 Å². The number of amides is 2. The predicted molar refractivity (Wildman–Crippen MR) is 97.0 cm³/mol. The molecule has 0 radical (unpaired) electrons. The highest BCUT2D eigenvalue weighted by Crippen LogP contribution is 2.47. The molecule has 0 aliphatic heterocycles. The molecule has 2 amide bonds. The van der Waals surface area contributed by atoms with E-state index >= 15 is 0 Å². The minimum absolute atomic E-state index is 0.221. The first-order valence-corrected chi connectivity index (χ1v) is 8.50. The molecule has 5 nitrogen and oxygen atoms in total. The number of hydrogen-bond acceptors (Lipinski definition) is 3. The third-order valence-electron chi connectivity index (χ3n) is 4.69. The molecule has 130 valence electrons. The monoisotopic (exact) mass is 337 g/mol. The lowest BCUT2D eigenvalue weighted by atomic mass is 10.0. The normalized spacial score (nSPS) is 14.7. The molecule has 5 heteroatoms. The maximum absolute atomic E-state index is 12.8. The van der Waals surface area contributed by atoms with Gasteiger partial charge < -0.3 is 10.6 Å². The Bertz CT molecular complexity index is 788. The van der Waals surface area contributed by atoms with Crippen molar-refractivity contribution in [2.45, 2.75) is 40.2 Å². The van der Waals surface area contributed by atoms with Gasteiger partial charge >= 0.3 is 0 Å². The zero-order valence-corrected chi connectivity index (χ0v) is 14.8. The first kappa shape index (κ1) is 17.1. The van der Waals surface area contributed by atoms with Crippen LogP contribution in [0, 0.1) is 26.2 Å². The van der Waals surface area contributed by atoms with E-state index in [1.54, 1.807) is 6.20 Å². The fourth-order valence-corrected chi connectivity index (χ4v) is 3.14. The van der Waals surface area contributed by atoms with Crippen LogP contribution in [0.1, 0.15) is 35.2 Å². The Hall–Kier alpha value is -2.69. The van der Waals surface area contributed by atoms with Gasteiger partial charge in [0.25, 0.3) is 0 Å². The quantitative estimate of drug-likeness (QED) is 0.824. The molecular formula is C20H23N3O2. The van der Waals surface area contributed by atoms with Crippen LogP contribution < -0.4 is 10.6 Å². The average Bonchev–Trinajstić information content (AvgIpc) is 3.38. The molecule has 0 bridgehead atoms.